The fourth-order valence-corrected chi connectivity index (χ4v) is 2.50. The number of ketones is 1. The topological polar surface area (TPSA) is 35.5 Å². The minimum atomic E-state index is 0.370. The standard InChI is InChI=1S/C15H22O3/c1-3-11(13-7-17-8-13)5-15(16)6-12(4-2)14-9-18-10-14/h7,9,11-12H,3-6,8,10H2,1-2H3. The van der Waals surface area contributed by atoms with Crippen molar-refractivity contribution in [2.45, 2.75) is 39.5 Å². The molecule has 0 N–H and O–H groups in total. The van der Waals surface area contributed by atoms with Gasteiger partial charge in [0.15, 0.2) is 0 Å². The molecule has 0 aliphatic carbocycles. The summed E-state index contributed by atoms with van der Waals surface area (Å²) in [4.78, 5) is 12.1. The van der Waals surface area contributed by atoms with Crippen molar-refractivity contribution in [2.24, 2.45) is 11.8 Å². The van der Waals surface area contributed by atoms with E-state index in [2.05, 4.69) is 13.8 Å². The smallest absolute Gasteiger partial charge is 0.134 e. The Balaban J connectivity index is 1.83. The summed E-state index contributed by atoms with van der Waals surface area (Å²) in [7, 11) is 0. The minimum Gasteiger partial charge on any atom is -0.497 e. The van der Waals surface area contributed by atoms with E-state index < -0.39 is 0 Å². The number of carbonyl (C=O) groups is 1. The molecule has 0 bridgehead atoms. The van der Waals surface area contributed by atoms with Gasteiger partial charge in [-0.1, -0.05) is 13.8 Å². The SMILES string of the molecule is CCC(CC(=O)CC(CC)C1=COC1)C1=COC1. The molecule has 0 saturated heterocycles. The van der Waals surface area contributed by atoms with E-state index in [1.54, 1.807) is 12.5 Å². The summed E-state index contributed by atoms with van der Waals surface area (Å²) in [6.45, 7) is 5.69. The van der Waals surface area contributed by atoms with E-state index in [1.165, 1.54) is 11.1 Å². The highest BCUT2D eigenvalue weighted by Crippen LogP contribution is 2.29. The quantitative estimate of drug-likeness (QED) is 0.663. The van der Waals surface area contributed by atoms with Crippen molar-refractivity contribution < 1.29 is 14.3 Å². The van der Waals surface area contributed by atoms with Crippen molar-refractivity contribution in [3.05, 3.63) is 23.7 Å². The van der Waals surface area contributed by atoms with Gasteiger partial charge in [-0.2, -0.15) is 0 Å². The number of hydrogen-bond acceptors (Lipinski definition) is 3. The van der Waals surface area contributed by atoms with Crippen LogP contribution in [0, 0.1) is 11.8 Å². The van der Waals surface area contributed by atoms with Crippen LogP contribution in [0.15, 0.2) is 23.7 Å². The van der Waals surface area contributed by atoms with Crippen molar-refractivity contribution in [3.8, 4) is 0 Å². The van der Waals surface area contributed by atoms with Gasteiger partial charge in [-0.05, 0) is 24.7 Å². The van der Waals surface area contributed by atoms with Gasteiger partial charge in [0.2, 0.25) is 0 Å². The van der Waals surface area contributed by atoms with Gasteiger partial charge < -0.3 is 9.47 Å². The molecule has 2 aliphatic rings. The molecule has 0 fully saturated rings. The molecule has 0 aromatic carbocycles. The molecule has 0 amide bonds. The number of carbonyl (C=O) groups excluding carboxylic acids is 1. The molecule has 100 valence electrons. The average molecular weight is 250 g/mol. The molecule has 2 atom stereocenters. The molecular formula is C15H22O3. The van der Waals surface area contributed by atoms with Gasteiger partial charge >= 0.3 is 0 Å². The Hall–Kier alpha value is -1.25. The van der Waals surface area contributed by atoms with Crippen LogP contribution < -0.4 is 0 Å². The number of Topliss-reactive ketones (excluding diaryl/α,β-unsaturated/α-hetero) is 1. The van der Waals surface area contributed by atoms with E-state index in [0.717, 1.165) is 12.8 Å². The Labute approximate surface area is 109 Å². The van der Waals surface area contributed by atoms with E-state index in [1.807, 2.05) is 0 Å². The van der Waals surface area contributed by atoms with E-state index in [4.69, 9.17) is 9.47 Å². The van der Waals surface area contributed by atoms with Crippen molar-refractivity contribution in [1.29, 1.82) is 0 Å². The van der Waals surface area contributed by atoms with Gasteiger partial charge in [0.1, 0.15) is 19.0 Å². The second-order valence-corrected chi connectivity index (χ2v) is 5.16. The molecule has 0 aromatic rings. The monoisotopic (exact) mass is 250 g/mol. The highest BCUT2D eigenvalue weighted by Gasteiger charge is 2.25. The lowest BCUT2D eigenvalue weighted by atomic mass is 9.85. The van der Waals surface area contributed by atoms with Crippen LogP contribution in [0.3, 0.4) is 0 Å². The molecule has 2 unspecified atom stereocenters. The van der Waals surface area contributed by atoms with E-state index >= 15 is 0 Å². The van der Waals surface area contributed by atoms with Crippen molar-refractivity contribution in [2.75, 3.05) is 13.2 Å². The summed E-state index contributed by atoms with van der Waals surface area (Å²) in [6.07, 6.45) is 6.97. The van der Waals surface area contributed by atoms with Crippen LogP contribution in [0.25, 0.3) is 0 Å². The molecular weight excluding hydrogens is 228 g/mol. The molecule has 0 aromatic heterocycles. The second kappa shape index (κ2) is 6.07. The highest BCUT2D eigenvalue weighted by atomic mass is 16.5. The van der Waals surface area contributed by atoms with Gasteiger partial charge in [-0.15, -0.1) is 0 Å². The Morgan fingerprint density at radius 3 is 1.67 bits per heavy atom. The van der Waals surface area contributed by atoms with Crippen LogP contribution in [0.5, 0.6) is 0 Å². The zero-order valence-electron chi connectivity index (χ0n) is 11.3. The van der Waals surface area contributed by atoms with Gasteiger partial charge in [0, 0.05) is 24.0 Å². The molecule has 3 nitrogen and oxygen atoms in total. The molecule has 3 heteroatoms. The third-order valence-corrected chi connectivity index (χ3v) is 3.95. The third kappa shape index (κ3) is 2.95. The minimum absolute atomic E-state index is 0.370. The first-order valence-corrected chi connectivity index (χ1v) is 6.87. The molecule has 0 spiro atoms. The van der Waals surface area contributed by atoms with Gasteiger partial charge in [-0.25, -0.2) is 0 Å². The fourth-order valence-electron chi connectivity index (χ4n) is 2.50. The maximum absolute atomic E-state index is 12.1. The Kier molecular flexibility index (Phi) is 4.45. The largest absolute Gasteiger partial charge is 0.497 e. The van der Waals surface area contributed by atoms with Crippen LogP contribution >= 0.6 is 0 Å². The first-order valence-electron chi connectivity index (χ1n) is 6.87. The molecule has 2 heterocycles. The normalized spacial score (nSPS) is 20.3. The fraction of sp³-hybridized carbons (Fsp3) is 0.667. The zero-order valence-corrected chi connectivity index (χ0v) is 11.3. The van der Waals surface area contributed by atoms with Crippen LogP contribution in [-0.4, -0.2) is 19.0 Å². The first kappa shape index (κ1) is 13.2. The average Bonchev–Trinajstić information content (AvgIpc) is 2.22. The van der Waals surface area contributed by atoms with Gasteiger partial charge in [0.25, 0.3) is 0 Å². The molecule has 0 radical (unpaired) electrons. The number of rotatable bonds is 8. The lowest BCUT2D eigenvalue weighted by Gasteiger charge is -2.26. The predicted octanol–water partition coefficient (Wildman–Crippen LogP) is 3.22. The maximum Gasteiger partial charge on any atom is 0.134 e. The zero-order chi connectivity index (χ0) is 13.0. The van der Waals surface area contributed by atoms with Crippen LogP contribution in [0.1, 0.15) is 39.5 Å². The molecule has 2 rings (SSSR count). The first-order chi connectivity index (χ1) is 8.74. The summed E-state index contributed by atoms with van der Waals surface area (Å²) >= 11 is 0. The Morgan fingerprint density at radius 2 is 1.44 bits per heavy atom. The summed E-state index contributed by atoms with van der Waals surface area (Å²) in [5, 5.41) is 0. The van der Waals surface area contributed by atoms with Crippen LogP contribution in [-0.2, 0) is 14.3 Å². The lowest BCUT2D eigenvalue weighted by molar-refractivity contribution is -0.120. The van der Waals surface area contributed by atoms with Crippen molar-refractivity contribution >= 4 is 5.78 Å². The molecule has 0 saturated carbocycles. The van der Waals surface area contributed by atoms with Crippen molar-refractivity contribution in [3.63, 3.8) is 0 Å². The number of hydrogen-bond donors (Lipinski definition) is 0. The van der Waals surface area contributed by atoms with Gasteiger partial charge in [0.05, 0.1) is 12.5 Å². The van der Waals surface area contributed by atoms with Crippen LogP contribution in [0.2, 0.25) is 0 Å². The van der Waals surface area contributed by atoms with Gasteiger partial charge in [-0.3, -0.25) is 4.79 Å². The second-order valence-electron chi connectivity index (χ2n) is 5.16. The Bertz CT molecular complexity index is 334. The predicted molar refractivity (Wildman–Crippen MR) is 69.9 cm³/mol. The molecule has 18 heavy (non-hydrogen) atoms. The highest BCUT2D eigenvalue weighted by molar-refractivity contribution is 5.79. The summed E-state index contributed by atoms with van der Waals surface area (Å²) < 4.78 is 10.1. The number of ether oxygens (including phenoxy) is 2. The van der Waals surface area contributed by atoms with Crippen molar-refractivity contribution in [1.82, 2.24) is 0 Å². The molecule has 2 aliphatic heterocycles. The van der Waals surface area contributed by atoms with Crippen LogP contribution in [0.4, 0.5) is 0 Å². The van der Waals surface area contributed by atoms with E-state index in [9.17, 15) is 4.79 Å². The van der Waals surface area contributed by atoms with E-state index in [-0.39, 0.29) is 0 Å². The summed E-state index contributed by atoms with van der Waals surface area (Å²) in [5.74, 6) is 1.14. The summed E-state index contributed by atoms with van der Waals surface area (Å²) in [6, 6.07) is 0. The summed E-state index contributed by atoms with van der Waals surface area (Å²) in [5.41, 5.74) is 2.59. The maximum atomic E-state index is 12.1. The lowest BCUT2D eigenvalue weighted by Crippen LogP contribution is -2.22. The third-order valence-electron chi connectivity index (χ3n) is 3.95. The van der Waals surface area contributed by atoms with E-state index in [0.29, 0.717) is 43.7 Å². The Morgan fingerprint density at radius 1 is 1.06 bits per heavy atom.